The van der Waals surface area contributed by atoms with Crippen LogP contribution in [0, 0.1) is 0 Å². The number of hydrogen-bond acceptors (Lipinski definition) is 3. The van der Waals surface area contributed by atoms with Gasteiger partial charge in [0.05, 0.1) is 4.90 Å². The third kappa shape index (κ3) is 3.28. The molecule has 1 aliphatic rings. The van der Waals surface area contributed by atoms with Crippen molar-refractivity contribution in [2.24, 2.45) is 0 Å². The van der Waals surface area contributed by atoms with E-state index in [1.54, 1.807) is 24.3 Å². The Morgan fingerprint density at radius 2 is 1.88 bits per heavy atom. The first kappa shape index (κ1) is 13.0. The van der Waals surface area contributed by atoms with Crippen LogP contribution in [0.4, 0.5) is 0 Å². The Labute approximate surface area is 110 Å². The largest absolute Gasteiger partial charge is 0.317 e. The van der Waals surface area contributed by atoms with Crippen LogP contribution in [0.5, 0.6) is 0 Å². The van der Waals surface area contributed by atoms with E-state index in [1.165, 1.54) is 0 Å². The van der Waals surface area contributed by atoms with E-state index in [9.17, 15) is 8.42 Å². The summed E-state index contributed by atoms with van der Waals surface area (Å²) in [5.41, 5.74) is 0. The third-order valence-corrected chi connectivity index (χ3v) is 5.32. The maximum Gasteiger partial charge on any atom is 0.241 e. The number of nitrogens with one attached hydrogen (secondary N) is 2. The number of halogens is 1. The molecule has 2 N–H and O–H groups in total. The van der Waals surface area contributed by atoms with Crippen molar-refractivity contribution >= 4 is 26.0 Å². The lowest BCUT2D eigenvalue weighted by Crippen LogP contribution is -2.42. The lowest BCUT2D eigenvalue weighted by atomic mass is 10.1. The minimum Gasteiger partial charge on any atom is -0.317 e. The van der Waals surface area contributed by atoms with E-state index >= 15 is 0 Å². The van der Waals surface area contributed by atoms with Crippen molar-refractivity contribution in [1.29, 1.82) is 0 Å². The molecule has 17 heavy (non-hydrogen) atoms. The Bertz CT molecular complexity index is 484. The molecule has 0 amide bonds. The van der Waals surface area contributed by atoms with E-state index in [0.717, 1.165) is 25.9 Å². The number of sulfonamides is 1. The molecule has 1 heterocycles. The first-order valence-electron chi connectivity index (χ1n) is 5.57. The predicted octanol–water partition coefficient (Wildman–Crippen LogP) is 1.48. The zero-order valence-electron chi connectivity index (χ0n) is 9.32. The number of rotatable bonds is 3. The molecule has 0 unspecified atom stereocenters. The minimum absolute atomic E-state index is 0.0355. The van der Waals surface area contributed by atoms with Crippen molar-refractivity contribution in [3.05, 3.63) is 28.7 Å². The molecule has 0 aromatic heterocycles. The molecule has 0 bridgehead atoms. The average Bonchev–Trinajstić information content (AvgIpc) is 2.30. The van der Waals surface area contributed by atoms with E-state index in [-0.39, 0.29) is 6.04 Å². The Morgan fingerprint density at radius 1 is 1.24 bits per heavy atom. The topological polar surface area (TPSA) is 58.2 Å². The summed E-state index contributed by atoms with van der Waals surface area (Å²) in [7, 11) is -3.42. The second-order valence-corrected chi connectivity index (χ2v) is 6.61. The summed E-state index contributed by atoms with van der Waals surface area (Å²) in [6, 6.07) is 6.90. The molecule has 1 aliphatic heterocycles. The maximum absolute atomic E-state index is 12.2. The molecule has 1 saturated heterocycles. The fourth-order valence-electron chi connectivity index (χ4n) is 1.89. The van der Waals surface area contributed by atoms with Crippen molar-refractivity contribution in [2.75, 3.05) is 13.1 Å². The molecule has 0 spiro atoms. The number of benzene rings is 1. The Morgan fingerprint density at radius 3 is 2.53 bits per heavy atom. The molecule has 4 nitrogen and oxygen atoms in total. The summed E-state index contributed by atoms with van der Waals surface area (Å²) in [6.45, 7) is 1.73. The fourth-order valence-corrected chi connectivity index (χ4v) is 4.19. The van der Waals surface area contributed by atoms with Crippen LogP contribution in [-0.2, 0) is 10.0 Å². The van der Waals surface area contributed by atoms with Gasteiger partial charge in [0.1, 0.15) is 0 Å². The van der Waals surface area contributed by atoms with Crippen LogP contribution in [0.1, 0.15) is 12.8 Å². The zero-order valence-corrected chi connectivity index (χ0v) is 11.7. The highest BCUT2D eigenvalue weighted by Crippen LogP contribution is 2.21. The van der Waals surface area contributed by atoms with Crippen molar-refractivity contribution in [1.82, 2.24) is 10.0 Å². The first-order valence-corrected chi connectivity index (χ1v) is 7.85. The van der Waals surface area contributed by atoms with Crippen molar-refractivity contribution in [3.63, 3.8) is 0 Å². The molecular weight excluding hydrogens is 304 g/mol. The molecule has 0 atom stereocenters. The normalized spacial score (nSPS) is 18.2. The molecule has 1 aromatic rings. The van der Waals surface area contributed by atoms with Gasteiger partial charge in [-0.3, -0.25) is 0 Å². The lowest BCUT2D eigenvalue weighted by molar-refractivity contribution is 0.427. The highest BCUT2D eigenvalue weighted by molar-refractivity contribution is 9.10. The molecule has 0 saturated carbocycles. The summed E-state index contributed by atoms with van der Waals surface area (Å²) in [6.07, 6.45) is 1.67. The van der Waals surface area contributed by atoms with E-state index in [0.29, 0.717) is 9.37 Å². The van der Waals surface area contributed by atoms with Crippen LogP contribution in [-0.4, -0.2) is 27.5 Å². The van der Waals surface area contributed by atoms with E-state index in [4.69, 9.17) is 0 Å². The highest BCUT2D eigenvalue weighted by atomic mass is 79.9. The summed E-state index contributed by atoms with van der Waals surface area (Å²) >= 11 is 3.27. The zero-order chi connectivity index (χ0) is 12.3. The monoisotopic (exact) mass is 318 g/mol. The van der Waals surface area contributed by atoms with Gasteiger partial charge in [-0.1, -0.05) is 12.1 Å². The Balaban J connectivity index is 2.16. The van der Waals surface area contributed by atoms with Gasteiger partial charge >= 0.3 is 0 Å². The molecule has 0 aliphatic carbocycles. The van der Waals surface area contributed by atoms with E-state index < -0.39 is 10.0 Å². The quantitative estimate of drug-likeness (QED) is 0.887. The second kappa shape index (κ2) is 5.48. The van der Waals surface area contributed by atoms with Gasteiger partial charge in [-0.25, -0.2) is 13.1 Å². The molecular formula is C11H15BrN2O2S. The van der Waals surface area contributed by atoms with Crippen LogP contribution >= 0.6 is 15.9 Å². The Kier molecular flexibility index (Phi) is 4.19. The highest BCUT2D eigenvalue weighted by Gasteiger charge is 2.22. The molecule has 0 radical (unpaired) electrons. The van der Waals surface area contributed by atoms with Gasteiger partial charge in [0.15, 0.2) is 0 Å². The lowest BCUT2D eigenvalue weighted by Gasteiger charge is -2.23. The van der Waals surface area contributed by atoms with Gasteiger partial charge in [-0.2, -0.15) is 0 Å². The molecule has 1 fully saturated rings. The van der Waals surface area contributed by atoms with E-state index in [2.05, 4.69) is 26.0 Å². The van der Waals surface area contributed by atoms with Gasteiger partial charge in [-0.15, -0.1) is 0 Å². The average molecular weight is 319 g/mol. The summed E-state index contributed by atoms with van der Waals surface area (Å²) < 4.78 is 27.7. The standard InChI is InChI=1S/C11H15BrN2O2S/c12-10-3-1-2-4-11(10)17(15,16)14-9-5-7-13-8-6-9/h1-4,9,13-14H,5-8H2. The van der Waals surface area contributed by atoms with Gasteiger partial charge in [0.25, 0.3) is 0 Å². The predicted molar refractivity (Wildman–Crippen MR) is 70.4 cm³/mol. The van der Waals surface area contributed by atoms with Crippen LogP contribution in [0.25, 0.3) is 0 Å². The number of hydrogen-bond donors (Lipinski definition) is 2. The van der Waals surface area contributed by atoms with Crippen molar-refractivity contribution in [2.45, 2.75) is 23.8 Å². The molecule has 6 heteroatoms. The van der Waals surface area contributed by atoms with E-state index in [1.807, 2.05) is 0 Å². The minimum atomic E-state index is -3.42. The van der Waals surface area contributed by atoms with Crippen LogP contribution in [0.2, 0.25) is 0 Å². The van der Waals surface area contributed by atoms with Gasteiger partial charge < -0.3 is 5.32 Å². The molecule has 1 aromatic carbocycles. The summed E-state index contributed by atoms with van der Waals surface area (Å²) in [4.78, 5) is 0.304. The van der Waals surface area contributed by atoms with Gasteiger partial charge in [0.2, 0.25) is 10.0 Å². The van der Waals surface area contributed by atoms with Crippen molar-refractivity contribution < 1.29 is 8.42 Å². The van der Waals surface area contributed by atoms with Crippen LogP contribution in [0.15, 0.2) is 33.6 Å². The molecule has 94 valence electrons. The first-order chi connectivity index (χ1) is 8.09. The van der Waals surface area contributed by atoms with Crippen LogP contribution < -0.4 is 10.0 Å². The fraction of sp³-hybridized carbons (Fsp3) is 0.455. The van der Waals surface area contributed by atoms with Crippen molar-refractivity contribution in [3.8, 4) is 0 Å². The number of piperidine rings is 1. The SMILES string of the molecule is O=S(=O)(NC1CCNCC1)c1ccccc1Br. The van der Waals surface area contributed by atoms with Gasteiger partial charge in [-0.05, 0) is 54.0 Å². The van der Waals surface area contributed by atoms with Gasteiger partial charge in [0, 0.05) is 10.5 Å². The Hall–Kier alpha value is -0.430. The molecule has 2 rings (SSSR count). The second-order valence-electron chi connectivity index (χ2n) is 4.08. The summed E-state index contributed by atoms with van der Waals surface area (Å²) in [5, 5.41) is 3.21. The summed E-state index contributed by atoms with van der Waals surface area (Å²) in [5.74, 6) is 0. The maximum atomic E-state index is 12.2. The van der Waals surface area contributed by atoms with Crippen LogP contribution in [0.3, 0.4) is 0 Å². The third-order valence-electron chi connectivity index (χ3n) is 2.79. The smallest absolute Gasteiger partial charge is 0.241 e.